The van der Waals surface area contributed by atoms with Gasteiger partial charge in [0.2, 0.25) is 0 Å². The first kappa shape index (κ1) is 9.87. The smallest absolute Gasteiger partial charge is 0.0807 e. The van der Waals surface area contributed by atoms with Crippen molar-refractivity contribution in [1.29, 1.82) is 0 Å². The Bertz CT molecular complexity index is 462. The third-order valence-electron chi connectivity index (χ3n) is 2.14. The lowest BCUT2D eigenvalue weighted by atomic mass is 10.2. The van der Waals surface area contributed by atoms with Gasteiger partial charge in [0.25, 0.3) is 0 Å². The van der Waals surface area contributed by atoms with Gasteiger partial charge >= 0.3 is 0 Å². The molecular weight excluding hydrogens is 258 g/mol. The van der Waals surface area contributed by atoms with E-state index in [0.29, 0.717) is 0 Å². The van der Waals surface area contributed by atoms with E-state index in [0.717, 1.165) is 10.2 Å². The molecule has 0 atom stereocenters. The Balaban J connectivity index is 2.53. The summed E-state index contributed by atoms with van der Waals surface area (Å²) in [5, 5.41) is 2.10. The van der Waals surface area contributed by atoms with Gasteiger partial charge < -0.3 is 0 Å². The van der Waals surface area contributed by atoms with Gasteiger partial charge in [-0.25, -0.2) is 0 Å². The van der Waals surface area contributed by atoms with Gasteiger partial charge in [0, 0.05) is 10.7 Å². The van der Waals surface area contributed by atoms with Gasteiger partial charge in [-0.05, 0) is 58.4 Å². The Hall–Kier alpha value is -0.670. The average molecular weight is 268 g/mol. The highest BCUT2D eigenvalue weighted by Crippen LogP contribution is 2.29. The van der Waals surface area contributed by atoms with Crippen molar-refractivity contribution in [2.24, 2.45) is 0 Å². The highest BCUT2D eigenvalue weighted by atomic mass is 79.9. The van der Waals surface area contributed by atoms with E-state index in [1.54, 1.807) is 11.3 Å². The van der Waals surface area contributed by atoms with Crippen LogP contribution in [0.3, 0.4) is 0 Å². The van der Waals surface area contributed by atoms with Crippen molar-refractivity contribution in [1.82, 2.24) is 4.98 Å². The fourth-order valence-electron chi connectivity index (χ4n) is 1.30. The van der Waals surface area contributed by atoms with Crippen LogP contribution in [-0.4, -0.2) is 4.98 Å². The summed E-state index contributed by atoms with van der Waals surface area (Å²) in [4.78, 5) is 5.67. The van der Waals surface area contributed by atoms with E-state index in [2.05, 4.69) is 52.3 Å². The van der Waals surface area contributed by atoms with Gasteiger partial charge in [-0.3, -0.25) is 4.98 Å². The van der Waals surface area contributed by atoms with Gasteiger partial charge in [0.05, 0.1) is 10.6 Å². The molecule has 0 bridgehead atoms. The number of thiophene rings is 1. The zero-order valence-corrected chi connectivity index (χ0v) is 10.4. The molecule has 0 N–H and O–H groups in total. The molecule has 0 radical (unpaired) electrons. The minimum absolute atomic E-state index is 1.07. The first-order valence-electron chi connectivity index (χ1n) is 4.35. The quantitative estimate of drug-likeness (QED) is 0.755. The fourth-order valence-corrected chi connectivity index (χ4v) is 2.41. The second-order valence-electron chi connectivity index (χ2n) is 3.25. The molecule has 2 aromatic heterocycles. The van der Waals surface area contributed by atoms with E-state index < -0.39 is 0 Å². The lowest BCUT2D eigenvalue weighted by molar-refractivity contribution is 1.26. The molecule has 72 valence electrons. The Kier molecular flexibility index (Phi) is 2.70. The zero-order chi connectivity index (χ0) is 10.1. The minimum atomic E-state index is 1.07. The van der Waals surface area contributed by atoms with Gasteiger partial charge in [0.15, 0.2) is 0 Å². The highest BCUT2D eigenvalue weighted by molar-refractivity contribution is 9.10. The SMILES string of the molecule is Cc1cc(-c2sccc2C)ncc1Br. The van der Waals surface area contributed by atoms with Crippen molar-refractivity contribution < 1.29 is 0 Å². The van der Waals surface area contributed by atoms with Crippen LogP contribution < -0.4 is 0 Å². The van der Waals surface area contributed by atoms with Crippen LogP contribution in [0.5, 0.6) is 0 Å². The minimum Gasteiger partial charge on any atom is -0.254 e. The van der Waals surface area contributed by atoms with Crippen LogP contribution in [0, 0.1) is 13.8 Å². The molecule has 2 rings (SSSR count). The third-order valence-corrected chi connectivity index (χ3v) is 4.01. The van der Waals surface area contributed by atoms with E-state index in [-0.39, 0.29) is 0 Å². The molecule has 0 aromatic carbocycles. The van der Waals surface area contributed by atoms with Crippen LogP contribution in [0.2, 0.25) is 0 Å². The van der Waals surface area contributed by atoms with Crippen molar-refractivity contribution >= 4 is 27.3 Å². The number of aryl methyl sites for hydroxylation is 2. The maximum Gasteiger partial charge on any atom is 0.0807 e. The molecule has 3 heteroatoms. The monoisotopic (exact) mass is 267 g/mol. The first-order valence-corrected chi connectivity index (χ1v) is 6.02. The van der Waals surface area contributed by atoms with Crippen molar-refractivity contribution in [2.45, 2.75) is 13.8 Å². The van der Waals surface area contributed by atoms with Crippen LogP contribution >= 0.6 is 27.3 Å². The summed E-state index contributed by atoms with van der Waals surface area (Å²) in [6, 6.07) is 4.24. The second kappa shape index (κ2) is 3.83. The zero-order valence-electron chi connectivity index (χ0n) is 8.04. The molecule has 0 saturated carbocycles. The van der Waals surface area contributed by atoms with Crippen LogP contribution in [0.25, 0.3) is 10.6 Å². The Morgan fingerprint density at radius 2 is 2.07 bits per heavy atom. The molecule has 0 aliphatic rings. The molecule has 0 saturated heterocycles. The molecule has 2 aromatic rings. The Labute approximate surface area is 95.9 Å². The molecule has 1 nitrogen and oxygen atoms in total. The van der Waals surface area contributed by atoms with Crippen molar-refractivity contribution in [3.8, 4) is 10.6 Å². The number of nitrogens with zero attached hydrogens (tertiary/aromatic N) is 1. The average Bonchev–Trinajstić information content (AvgIpc) is 2.57. The number of hydrogen-bond acceptors (Lipinski definition) is 2. The molecular formula is C11H10BrNS. The summed E-state index contributed by atoms with van der Waals surface area (Å²) >= 11 is 5.19. The normalized spacial score (nSPS) is 10.5. The number of hydrogen-bond donors (Lipinski definition) is 0. The topological polar surface area (TPSA) is 12.9 Å². The molecule has 0 amide bonds. The van der Waals surface area contributed by atoms with E-state index in [1.165, 1.54) is 16.0 Å². The molecule has 0 aliphatic heterocycles. The van der Waals surface area contributed by atoms with E-state index in [9.17, 15) is 0 Å². The van der Waals surface area contributed by atoms with Gasteiger partial charge in [-0.15, -0.1) is 11.3 Å². The maximum absolute atomic E-state index is 4.41. The van der Waals surface area contributed by atoms with Crippen LogP contribution in [0.4, 0.5) is 0 Å². The van der Waals surface area contributed by atoms with Gasteiger partial charge in [-0.2, -0.15) is 0 Å². The summed E-state index contributed by atoms with van der Waals surface area (Å²) in [7, 11) is 0. The summed E-state index contributed by atoms with van der Waals surface area (Å²) in [5.41, 5.74) is 3.59. The van der Waals surface area contributed by atoms with E-state index in [1.807, 2.05) is 6.20 Å². The highest BCUT2D eigenvalue weighted by Gasteiger charge is 2.05. The Morgan fingerprint density at radius 1 is 1.29 bits per heavy atom. The van der Waals surface area contributed by atoms with Crippen molar-refractivity contribution in [2.75, 3.05) is 0 Å². The molecule has 0 spiro atoms. The summed E-state index contributed by atoms with van der Waals surface area (Å²) in [5.74, 6) is 0. The number of pyridine rings is 1. The molecule has 2 heterocycles. The largest absolute Gasteiger partial charge is 0.254 e. The molecule has 0 unspecified atom stereocenters. The van der Waals surface area contributed by atoms with Crippen molar-refractivity contribution in [3.63, 3.8) is 0 Å². The molecule has 0 fully saturated rings. The summed E-state index contributed by atoms with van der Waals surface area (Å²) in [6.45, 7) is 4.20. The van der Waals surface area contributed by atoms with E-state index in [4.69, 9.17) is 0 Å². The van der Waals surface area contributed by atoms with Gasteiger partial charge in [-0.1, -0.05) is 0 Å². The first-order chi connectivity index (χ1) is 6.68. The van der Waals surface area contributed by atoms with Crippen LogP contribution in [-0.2, 0) is 0 Å². The molecule has 0 aliphatic carbocycles. The third kappa shape index (κ3) is 1.74. The standard InChI is InChI=1S/C11H10BrNS/c1-7-3-4-14-11(7)10-5-8(2)9(12)6-13-10/h3-6H,1-2H3. The maximum atomic E-state index is 4.41. The molecule has 14 heavy (non-hydrogen) atoms. The summed E-state index contributed by atoms with van der Waals surface area (Å²) < 4.78 is 1.07. The predicted octanol–water partition coefficient (Wildman–Crippen LogP) is 4.19. The number of halogens is 1. The predicted molar refractivity (Wildman–Crippen MR) is 64.7 cm³/mol. The second-order valence-corrected chi connectivity index (χ2v) is 5.02. The number of rotatable bonds is 1. The lowest BCUT2D eigenvalue weighted by Gasteiger charge is -2.02. The lowest BCUT2D eigenvalue weighted by Crippen LogP contribution is -1.85. The van der Waals surface area contributed by atoms with Crippen LogP contribution in [0.1, 0.15) is 11.1 Å². The Morgan fingerprint density at radius 3 is 2.64 bits per heavy atom. The number of aromatic nitrogens is 1. The summed E-state index contributed by atoms with van der Waals surface area (Å²) in [6.07, 6.45) is 1.86. The van der Waals surface area contributed by atoms with Crippen molar-refractivity contribution in [3.05, 3.63) is 39.3 Å². The fraction of sp³-hybridized carbons (Fsp3) is 0.182. The van der Waals surface area contributed by atoms with Crippen LogP contribution in [0.15, 0.2) is 28.2 Å². The van der Waals surface area contributed by atoms with Gasteiger partial charge in [0.1, 0.15) is 0 Å². The van der Waals surface area contributed by atoms with E-state index >= 15 is 0 Å².